The predicted octanol–water partition coefficient (Wildman–Crippen LogP) is 2.62. The van der Waals surface area contributed by atoms with Crippen molar-refractivity contribution in [3.63, 3.8) is 0 Å². The third-order valence-corrected chi connectivity index (χ3v) is 3.48. The summed E-state index contributed by atoms with van der Waals surface area (Å²) in [4.78, 5) is 11.2. The van der Waals surface area contributed by atoms with E-state index in [0.717, 1.165) is 18.2 Å². The number of nitrogens with one attached hydrogen (secondary N) is 1. The Kier molecular flexibility index (Phi) is 4.26. The maximum absolute atomic E-state index is 13.8. The molecule has 1 atom stereocenters. The highest BCUT2D eigenvalue weighted by atomic mass is 19.1. The monoisotopic (exact) mass is 290 g/mol. The number of nitrogens with two attached hydrogens (primary N) is 1. The number of aromatic nitrogens is 2. The van der Waals surface area contributed by atoms with Crippen LogP contribution in [0.3, 0.4) is 0 Å². The Bertz CT molecular complexity index is 666. The molecule has 0 aliphatic carbocycles. The Morgan fingerprint density at radius 2 is 2.24 bits per heavy atom. The van der Waals surface area contributed by atoms with E-state index in [9.17, 15) is 9.18 Å². The molecule has 112 valence electrons. The van der Waals surface area contributed by atoms with Crippen molar-refractivity contribution < 1.29 is 9.18 Å². The van der Waals surface area contributed by atoms with Gasteiger partial charge in [0.1, 0.15) is 5.82 Å². The van der Waals surface area contributed by atoms with Crippen molar-refractivity contribution in [2.75, 3.05) is 5.32 Å². The van der Waals surface area contributed by atoms with E-state index in [4.69, 9.17) is 5.73 Å². The molecule has 21 heavy (non-hydrogen) atoms. The fraction of sp³-hybridized carbons (Fsp3) is 0.333. The molecule has 0 saturated carbocycles. The van der Waals surface area contributed by atoms with Crippen LogP contribution >= 0.6 is 0 Å². The van der Waals surface area contributed by atoms with Gasteiger partial charge in [-0.25, -0.2) is 4.39 Å². The van der Waals surface area contributed by atoms with Gasteiger partial charge in [0.05, 0.1) is 12.2 Å². The van der Waals surface area contributed by atoms with Gasteiger partial charge in [0.25, 0.3) is 0 Å². The summed E-state index contributed by atoms with van der Waals surface area (Å²) >= 11 is 0. The molecule has 2 aromatic rings. The molecule has 3 N–H and O–H groups in total. The molecule has 0 bridgehead atoms. The lowest BCUT2D eigenvalue weighted by atomic mass is 10.1. The van der Waals surface area contributed by atoms with Gasteiger partial charge in [0, 0.05) is 35.1 Å². The smallest absolute Gasteiger partial charge is 0.248 e. The number of hydrogen-bond acceptors (Lipinski definition) is 3. The van der Waals surface area contributed by atoms with E-state index in [1.54, 1.807) is 19.2 Å². The number of benzene rings is 1. The summed E-state index contributed by atoms with van der Waals surface area (Å²) in [7, 11) is 0. The predicted molar refractivity (Wildman–Crippen MR) is 79.6 cm³/mol. The maximum Gasteiger partial charge on any atom is 0.248 e. The molecular formula is C15H19FN4O. The minimum absolute atomic E-state index is 0.0634. The Morgan fingerprint density at radius 3 is 2.81 bits per heavy atom. The van der Waals surface area contributed by atoms with Gasteiger partial charge in [-0.1, -0.05) is 0 Å². The summed E-state index contributed by atoms with van der Waals surface area (Å²) in [6.07, 6.45) is 3.70. The van der Waals surface area contributed by atoms with E-state index < -0.39 is 11.7 Å². The highest BCUT2D eigenvalue weighted by molar-refractivity contribution is 5.94. The summed E-state index contributed by atoms with van der Waals surface area (Å²) in [5.41, 5.74) is 7.36. The van der Waals surface area contributed by atoms with Crippen molar-refractivity contribution >= 4 is 11.6 Å². The Balaban J connectivity index is 2.27. The van der Waals surface area contributed by atoms with Crippen molar-refractivity contribution in [1.82, 2.24) is 9.78 Å². The van der Waals surface area contributed by atoms with Crippen molar-refractivity contribution in [2.24, 2.45) is 5.73 Å². The summed E-state index contributed by atoms with van der Waals surface area (Å²) in [6.45, 7) is 6.40. The van der Waals surface area contributed by atoms with Crippen LogP contribution in [0.1, 0.15) is 41.4 Å². The first-order valence-electron chi connectivity index (χ1n) is 6.81. The molecule has 0 saturated heterocycles. The van der Waals surface area contributed by atoms with E-state index in [1.807, 2.05) is 24.7 Å². The van der Waals surface area contributed by atoms with E-state index >= 15 is 0 Å². The van der Waals surface area contributed by atoms with Crippen LogP contribution in [0, 0.1) is 12.7 Å². The van der Waals surface area contributed by atoms with Crippen LogP contribution in [0.15, 0.2) is 24.5 Å². The zero-order chi connectivity index (χ0) is 15.6. The second-order valence-electron chi connectivity index (χ2n) is 4.99. The van der Waals surface area contributed by atoms with Gasteiger partial charge in [-0.2, -0.15) is 5.10 Å². The largest absolute Gasteiger partial charge is 0.378 e. The highest BCUT2D eigenvalue weighted by Gasteiger charge is 2.14. The summed E-state index contributed by atoms with van der Waals surface area (Å²) in [6, 6.07) is 2.66. The number of nitrogens with zero attached hydrogens (tertiary/aromatic N) is 2. The van der Waals surface area contributed by atoms with Gasteiger partial charge in [-0.15, -0.1) is 0 Å². The number of rotatable bonds is 5. The molecular weight excluding hydrogens is 271 g/mol. The first-order valence-corrected chi connectivity index (χ1v) is 6.81. The van der Waals surface area contributed by atoms with Crippen molar-refractivity contribution in [1.29, 1.82) is 0 Å². The number of carbonyl (C=O) groups excluding carboxylic acids is 1. The lowest BCUT2D eigenvalue weighted by molar-refractivity contribution is 0.1000. The molecule has 1 aromatic carbocycles. The van der Waals surface area contributed by atoms with E-state index in [2.05, 4.69) is 10.4 Å². The zero-order valence-corrected chi connectivity index (χ0v) is 12.4. The molecule has 2 rings (SSSR count). The van der Waals surface area contributed by atoms with Crippen LogP contribution in [0.2, 0.25) is 0 Å². The quantitative estimate of drug-likeness (QED) is 0.889. The SMILES string of the molecule is CCn1cc(C(C)Nc2cc(C(N)=O)cc(F)c2C)cn1. The van der Waals surface area contributed by atoms with Gasteiger partial charge in [0.15, 0.2) is 0 Å². The minimum atomic E-state index is -0.650. The number of primary amides is 1. The van der Waals surface area contributed by atoms with Crippen molar-refractivity contribution in [2.45, 2.75) is 33.4 Å². The Labute approximate surface area is 123 Å². The summed E-state index contributed by atoms with van der Waals surface area (Å²) < 4.78 is 15.7. The van der Waals surface area contributed by atoms with Crippen LogP contribution in [0.25, 0.3) is 0 Å². The lowest BCUT2D eigenvalue weighted by Crippen LogP contribution is -2.14. The van der Waals surface area contributed by atoms with E-state index in [1.165, 1.54) is 0 Å². The van der Waals surface area contributed by atoms with Gasteiger partial charge in [0.2, 0.25) is 5.91 Å². The lowest BCUT2D eigenvalue weighted by Gasteiger charge is -2.17. The van der Waals surface area contributed by atoms with Gasteiger partial charge < -0.3 is 11.1 Å². The molecule has 1 aromatic heterocycles. The third kappa shape index (κ3) is 3.21. The molecule has 1 amide bonds. The number of hydrogen-bond donors (Lipinski definition) is 2. The third-order valence-electron chi connectivity index (χ3n) is 3.48. The van der Waals surface area contributed by atoms with Crippen LogP contribution in [0.4, 0.5) is 10.1 Å². The van der Waals surface area contributed by atoms with E-state index in [0.29, 0.717) is 11.3 Å². The average molecular weight is 290 g/mol. The number of aryl methyl sites for hydroxylation is 1. The minimum Gasteiger partial charge on any atom is -0.378 e. The summed E-state index contributed by atoms with van der Waals surface area (Å²) in [5, 5.41) is 7.41. The molecule has 0 aliphatic heterocycles. The molecule has 0 aliphatic rings. The molecule has 1 unspecified atom stereocenters. The Hall–Kier alpha value is -2.37. The van der Waals surface area contributed by atoms with Crippen LogP contribution in [0.5, 0.6) is 0 Å². The van der Waals surface area contributed by atoms with Crippen molar-refractivity contribution in [3.05, 3.63) is 47.0 Å². The van der Waals surface area contributed by atoms with Gasteiger partial charge >= 0.3 is 0 Å². The van der Waals surface area contributed by atoms with E-state index in [-0.39, 0.29) is 11.6 Å². The molecule has 0 radical (unpaired) electrons. The normalized spacial score (nSPS) is 12.2. The van der Waals surface area contributed by atoms with Crippen LogP contribution < -0.4 is 11.1 Å². The topological polar surface area (TPSA) is 72.9 Å². The Morgan fingerprint density at radius 1 is 1.52 bits per heavy atom. The number of carbonyl (C=O) groups is 1. The standard InChI is InChI=1S/C15H19FN4O/c1-4-20-8-12(7-18-20)10(3)19-14-6-11(15(17)21)5-13(16)9(14)2/h5-8,10,19H,4H2,1-3H3,(H2,17,21). The number of amides is 1. The van der Waals surface area contributed by atoms with Crippen molar-refractivity contribution in [3.8, 4) is 0 Å². The fourth-order valence-corrected chi connectivity index (χ4v) is 2.06. The number of halogens is 1. The van der Waals surface area contributed by atoms with Gasteiger partial charge in [-0.05, 0) is 32.9 Å². The van der Waals surface area contributed by atoms with Gasteiger partial charge in [-0.3, -0.25) is 9.48 Å². The number of anilines is 1. The average Bonchev–Trinajstić information content (AvgIpc) is 2.92. The van der Waals surface area contributed by atoms with Crippen LogP contribution in [-0.2, 0) is 6.54 Å². The van der Waals surface area contributed by atoms with Crippen LogP contribution in [-0.4, -0.2) is 15.7 Å². The second-order valence-corrected chi connectivity index (χ2v) is 4.99. The second kappa shape index (κ2) is 5.95. The summed E-state index contributed by atoms with van der Waals surface area (Å²) in [5.74, 6) is -1.10. The highest BCUT2D eigenvalue weighted by Crippen LogP contribution is 2.25. The first-order chi connectivity index (χ1) is 9.92. The maximum atomic E-state index is 13.8. The molecule has 5 nitrogen and oxygen atoms in total. The zero-order valence-electron chi connectivity index (χ0n) is 12.4. The molecule has 0 spiro atoms. The molecule has 0 fully saturated rings. The fourth-order valence-electron chi connectivity index (χ4n) is 2.06. The molecule has 1 heterocycles. The molecule has 6 heteroatoms. The first kappa shape index (κ1) is 15.0.